The number of H-pyrrole nitrogens is 2. The van der Waals surface area contributed by atoms with Gasteiger partial charge in [-0.25, -0.2) is 0 Å². The second kappa shape index (κ2) is 5.50. The van der Waals surface area contributed by atoms with Crippen LogP contribution in [0.3, 0.4) is 0 Å². The highest BCUT2D eigenvalue weighted by Gasteiger charge is 2.38. The van der Waals surface area contributed by atoms with Gasteiger partial charge in [-0.05, 0) is 18.2 Å². The van der Waals surface area contributed by atoms with Gasteiger partial charge in [-0.1, -0.05) is 36.4 Å². The van der Waals surface area contributed by atoms with E-state index in [9.17, 15) is 14.4 Å². The minimum atomic E-state index is -0.717. The first-order chi connectivity index (χ1) is 13.1. The van der Waals surface area contributed by atoms with Crippen molar-refractivity contribution in [1.82, 2.24) is 20.5 Å². The Kier molecular flexibility index (Phi) is 3.11. The topological polar surface area (TPSA) is 108 Å². The number of rotatable bonds is 3. The lowest BCUT2D eigenvalue weighted by atomic mass is 9.99. The van der Waals surface area contributed by atoms with Crippen LogP contribution in [0.1, 0.15) is 16.2 Å². The summed E-state index contributed by atoms with van der Waals surface area (Å²) in [4.78, 5) is 41.0. The van der Waals surface area contributed by atoms with Gasteiger partial charge in [0.1, 0.15) is 11.3 Å². The van der Waals surface area contributed by atoms with Crippen molar-refractivity contribution in [2.45, 2.75) is 0 Å². The molecule has 0 spiro atoms. The van der Waals surface area contributed by atoms with Gasteiger partial charge in [-0.15, -0.1) is 0 Å². The summed E-state index contributed by atoms with van der Waals surface area (Å²) in [6, 6.07) is 16.3. The van der Waals surface area contributed by atoms with E-state index in [0.717, 1.165) is 10.9 Å². The number of ketones is 1. The van der Waals surface area contributed by atoms with Gasteiger partial charge >= 0.3 is 0 Å². The minimum Gasteiger partial charge on any atom is -0.354 e. The number of carbonyl (C=O) groups is 3. The third kappa shape index (κ3) is 2.22. The Morgan fingerprint density at radius 1 is 0.889 bits per heavy atom. The zero-order chi connectivity index (χ0) is 18.5. The van der Waals surface area contributed by atoms with Crippen molar-refractivity contribution in [2.24, 2.45) is 0 Å². The molecule has 5 rings (SSSR count). The van der Waals surface area contributed by atoms with E-state index in [1.807, 2.05) is 30.3 Å². The van der Waals surface area contributed by atoms with Crippen LogP contribution < -0.4 is 5.32 Å². The molecule has 2 aromatic heterocycles. The first kappa shape index (κ1) is 15.3. The molecular weight excluding hydrogens is 344 g/mol. The summed E-state index contributed by atoms with van der Waals surface area (Å²) >= 11 is 0. The van der Waals surface area contributed by atoms with Gasteiger partial charge in [-0.2, -0.15) is 5.10 Å². The first-order valence-electron chi connectivity index (χ1n) is 8.29. The molecule has 0 bridgehead atoms. The number of Topliss-reactive ketones (excluding diaryl/α,β-unsaturated/α-hetero) is 1. The Bertz CT molecular complexity index is 1280. The van der Waals surface area contributed by atoms with Crippen molar-refractivity contribution in [3.05, 3.63) is 71.6 Å². The Balaban J connectivity index is 1.72. The summed E-state index contributed by atoms with van der Waals surface area (Å²) < 4.78 is 0. The van der Waals surface area contributed by atoms with Crippen molar-refractivity contribution in [2.75, 3.05) is 0 Å². The quantitative estimate of drug-likeness (QED) is 0.297. The largest absolute Gasteiger partial charge is 0.354 e. The molecule has 0 unspecified atom stereocenters. The van der Waals surface area contributed by atoms with E-state index in [4.69, 9.17) is 0 Å². The molecule has 27 heavy (non-hydrogen) atoms. The maximum atomic E-state index is 13.1. The summed E-state index contributed by atoms with van der Waals surface area (Å²) in [5, 5.41) is 10.5. The van der Waals surface area contributed by atoms with Crippen LogP contribution in [-0.4, -0.2) is 32.8 Å². The monoisotopic (exact) mass is 356 g/mol. The molecule has 1 aliphatic heterocycles. The van der Waals surface area contributed by atoms with Crippen LogP contribution >= 0.6 is 0 Å². The van der Waals surface area contributed by atoms with Gasteiger partial charge in [0, 0.05) is 16.3 Å². The van der Waals surface area contributed by atoms with Gasteiger partial charge in [0.2, 0.25) is 5.78 Å². The summed E-state index contributed by atoms with van der Waals surface area (Å²) in [6.07, 6.45) is 0. The lowest BCUT2D eigenvalue weighted by Gasteiger charge is -2.00. The lowest BCUT2D eigenvalue weighted by molar-refractivity contribution is -0.123. The Morgan fingerprint density at radius 2 is 1.63 bits per heavy atom. The van der Waals surface area contributed by atoms with E-state index in [0.29, 0.717) is 16.6 Å². The maximum Gasteiger partial charge on any atom is 0.263 e. The molecule has 130 valence electrons. The molecule has 3 heterocycles. The number of nitrogens with one attached hydrogen (secondary N) is 3. The number of fused-ring (bicyclic) bond motifs is 2. The molecule has 0 fully saturated rings. The standard InChI is InChI=1S/C20H12N4O3/c25-18(17-11-6-2-4-8-13(11)23-24-17)16-15(19(26)22-20(16)27)14-9-10-5-1-3-7-12(10)21-14/h1-9,21H,(H,23,24)(H,22,26,27). The third-order valence-electron chi connectivity index (χ3n) is 4.64. The number of nitrogens with zero attached hydrogens (tertiary/aromatic N) is 1. The van der Waals surface area contributed by atoms with Gasteiger partial charge in [-0.3, -0.25) is 24.8 Å². The zero-order valence-corrected chi connectivity index (χ0v) is 13.9. The number of para-hydroxylation sites is 2. The molecule has 2 aromatic carbocycles. The Labute approximate surface area is 152 Å². The number of hydrogen-bond acceptors (Lipinski definition) is 4. The number of imide groups is 1. The van der Waals surface area contributed by atoms with Crippen LogP contribution in [0.25, 0.3) is 27.4 Å². The zero-order valence-electron chi connectivity index (χ0n) is 13.9. The highest BCUT2D eigenvalue weighted by molar-refractivity contribution is 6.46. The van der Waals surface area contributed by atoms with Gasteiger partial charge in [0.05, 0.1) is 16.8 Å². The average molecular weight is 356 g/mol. The van der Waals surface area contributed by atoms with E-state index >= 15 is 0 Å². The van der Waals surface area contributed by atoms with E-state index < -0.39 is 17.6 Å². The molecule has 0 aliphatic carbocycles. The fraction of sp³-hybridized carbons (Fsp3) is 0. The number of aromatic amines is 2. The lowest BCUT2D eigenvalue weighted by Crippen LogP contribution is -2.24. The fourth-order valence-corrected chi connectivity index (χ4v) is 3.39. The van der Waals surface area contributed by atoms with Gasteiger partial charge in [0.15, 0.2) is 0 Å². The molecule has 7 heteroatoms. The number of aromatic nitrogens is 3. The molecule has 2 amide bonds. The molecule has 0 saturated carbocycles. The normalized spacial score (nSPS) is 14.4. The summed E-state index contributed by atoms with van der Waals surface area (Å²) in [7, 11) is 0. The Morgan fingerprint density at radius 3 is 2.44 bits per heavy atom. The maximum absolute atomic E-state index is 13.1. The molecule has 0 radical (unpaired) electrons. The number of benzene rings is 2. The predicted molar refractivity (Wildman–Crippen MR) is 98.8 cm³/mol. The SMILES string of the molecule is O=C1NC(=O)C(c2cc3ccccc3[nH]2)=C1C(=O)c1n[nH]c2ccccc12. The summed E-state index contributed by atoms with van der Waals surface area (Å²) in [5.41, 5.74) is 1.85. The fourth-order valence-electron chi connectivity index (χ4n) is 3.39. The van der Waals surface area contributed by atoms with Crippen molar-refractivity contribution >= 4 is 45.0 Å². The van der Waals surface area contributed by atoms with E-state index in [1.165, 1.54) is 0 Å². The molecule has 7 nitrogen and oxygen atoms in total. The molecule has 0 atom stereocenters. The van der Waals surface area contributed by atoms with Crippen LogP contribution in [-0.2, 0) is 9.59 Å². The highest BCUT2D eigenvalue weighted by Crippen LogP contribution is 2.29. The van der Waals surface area contributed by atoms with Crippen LogP contribution in [0.2, 0.25) is 0 Å². The predicted octanol–water partition coefficient (Wildman–Crippen LogP) is 2.34. The number of hydrogen-bond donors (Lipinski definition) is 3. The van der Waals surface area contributed by atoms with Crippen molar-refractivity contribution in [3.8, 4) is 0 Å². The van der Waals surface area contributed by atoms with Crippen molar-refractivity contribution in [1.29, 1.82) is 0 Å². The van der Waals surface area contributed by atoms with Crippen molar-refractivity contribution in [3.63, 3.8) is 0 Å². The smallest absolute Gasteiger partial charge is 0.263 e. The second-order valence-corrected chi connectivity index (χ2v) is 6.25. The van der Waals surface area contributed by atoms with E-state index in [2.05, 4.69) is 20.5 Å². The van der Waals surface area contributed by atoms with Crippen LogP contribution in [0.15, 0.2) is 60.2 Å². The molecule has 0 saturated heterocycles. The molecule has 4 aromatic rings. The summed E-state index contributed by atoms with van der Waals surface area (Å²) in [5.74, 6) is -1.91. The molecule has 1 aliphatic rings. The van der Waals surface area contributed by atoms with Crippen molar-refractivity contribution < 1.29 is 14.4 Å². The summed E-state index contributed by atoms with van der Waals surface area (Å²) in [6.45, 7) is 0. The highest BCUT2D eigenvalue weighted by atomic mass is 16.2. The van der Waals surface area contributed by atoms with Gasteiger partial charge in [0.25, 0.3) is 11.8 Å². The minimum absolute atomic E-state index is 0.0354. The number of carbonyl (C=O) groups excluding carboxylic acids is 3. The third-order valence-corrected chi connectivity index (χ3v) is 4.64. The van der Waals surface area contributed by atoms with Crippen LogP contribution in [0, 0.1) is 0 Å². The van der Waals surface area contributed by atoms with E-state index in [1.54, 1.807) is 24.3 Å². The van der Waals surface area contributed by atoms with Crippen LogP contribution in [0.5, 0.6) is 0 Å². The average Bonchev–Trinajstić information content (AvgIpc) is 3.35. The Hall–Kier alpha value is -4.00. The molecular formula is C20H12N4O3. The van der Waals surface area contributed by atoms with Gasteiger partial charge < -0.3 is 4.98 Å². The van der Waals surface area contributed by atoms with E-state index in [-0.39, 0.29) is 16.8 Å². The van der Waals surface area contributed by atoms with Crippen LogP contribution in [0.4, 0.5) is 0 Å². The number of amides is 2. The first-order valence-corrected chi connectivity index (χ1v) is 8.29. The molecule has 3 N–H and O–H groups in total. The second-order valence-electron chi connectivity index (χ2n) is 6.25.